The second kappa shape index (κ2) is 10.4. The van der Waals surface area contributed by atoms with E-state index in [2.05, 4.69) is 20.6 Å². The van der Waals surface area contributed by atoms with E-state index in [-0.39, 0.29) is 18.5 Å². The lowest BCUT2D eigenvalue weighted by atomic mass is 9.99. The second-order valence-corrected chi connectivity index (χ2v) is 10.2. The lowest BCUT2D eigenvalue weighted by Gasteiger charge is -2.24. The maximum Gasteiger partial charge on any atom is 0.416 e. The number of benzene rings is 1. The van der Waals surface area contributed by atoms with Crippen molar-refractivity contribution in [2.45, 2.75) is 70.9 Å². The van der Waals surface area contributed by atoms with Gasteiger partial charge in [-0.3, -0.25) is 4.79 Å². The Labute approximate surface area is 212 Å². The highest BCUT2D eigenvalue weighted by Gasteiger charge is 2.35. The molecule has 2 heterocycles. The van der Waals surface area contributed by atoms with Crippen LogP contribution in [0.3, 0.4) is 0 Å². The Kier molecular flexibility index (Phi) is 7.42. The molecule has 1 atom stereocenters. The SMILES string of the molecule is CC(C)(C)OC(=O)N[C@H](Cc1ccccc1C(F)(F)F)C(=O)NCc1nc2cccnc2n1CC1CC1. The molecule has 2 aromatic heterocycles. The molecular formula is C26H30F3N5O3. The van der Waals surface area contributed by atoms with E-state index in [4.69, 9.17) is 4.74 Å². The van der Waals surface area contributed by atoms with Crippen LogP contribution in [0.2, 0.25) is 0 Å². The molecule has 0 saturated heterocycles. The van der Waals surface area contributed by atoms with Crippen molar-refractivity contribution >= 4 is 23.2 Å². The van der Waals surface area contributed by atoms with Gasteiger partial charge in [-0.15, -0.1) is 0 Å². The van der Waals surface area contributed by atoms with Crippen LogP contribution >= 0.6 is 0 Å². The molecule has 11 heteroatoms. The number of halogens is 3. The average Bonchev–Trinajstić information content (AvgIpc) is 3.56. The molecule has 0 radical (unpaired) electrons. The summed E-state index contributed by atoms with van der Waals surface area (Å²) in [6.45, 7) is 5.70. The summed E-state index contributed by atoms with van der Waals surface area (Å²) in [7, 11) is 0. The Morgan fingerprint density at radius 3 is 2.54 bits per heavy atom. The van der Waals surface area contributed by atoms with Crippen LogP contribution < -0.4 is 10.6 Å². The van der Waals surface area contributed by atoms with Crippen LogP contribution in [0.5, 0.6) is 0 Å². The van der Waals surface area contributed by atoms with E-state index in [1.54, 1.807) is 33.0 Å². The first kappa shape index (κ1) is 26.4. The fraction of sp³-hybridized carbons (Fsp3) is 0.462. The average molecular weight is 518 g/mol. The summed E-state index contributed by atoms with van der Waals surface area (Å²) in [5.74, 6) is 0.454. The molecule has 37 heavy (non-hydrogen) atoms. The van der Waals surface area contributed by atoms with E-state index in [1.165, 1.54) is 18.2 Å². The molecule has 1 saturated carbocycles. The number of nitrogens with zero attached hydrogens (tertiary/aromatic N) is 3. The molecular weight excluding hydrogens is 487 g/mol. The quantitative estimate of drug-likeness (QED) is 0.455. The van der Waals surface area contributed by atoms with Crippen molar-refractivity contribution in [1.29, 1.82) is 0 Å². The lowest BCUT2D eigenvalue weighted by Crippen LogP contribution is -2.49. The number of hydrogen-bond donors (Lipinski definition) is 2. The second-order valence-electron chi connectivity index (χ2n) is 10.2. The number of aromatic nitrogens is 3. The molecule has 1 aliphatic carbocycles. The van der Waals surface area contributed by atoms with Gasteiger partial charge < -0.3 is 19.9 Å². The van der Waals surface area contributed by atoms with Crippen molar-refractivity contribution in [3.05, 3.63) is 59.5 Å². The molecule has 1 fully saturated rings. The molecule has 3 aromatic rings. The monoisotopic (exact) mass is 517 g/mol. The zero-order chi connectivity index (χ0) is 26.8. The van der Waals surface area contributed by atoms with Crippen LogP contribution in [0.25, 0.3) is 11.2 Å². The third-order valence-corrected chi connectivity index (χ3v) is 5.90. The molecule has 0 bridgehead atoms. The summed E-state index contributed by atoms with van der Waals surface area (Å²) < 4.78 is 47.9. The normalized spacial score (nSPS) is 14.9. The fourth-order valence-electron chi connectivity index (χ4n) is 4.03. The zero-order valence-electron chi connectivity index (χ0n) is 20.9. The number of alkyl carbamates (subject to hydrolysis) is 1. The van der Waals surface area contributed by atoms with Crippen molar-refractivity contribution in [3.63, 3.8) is 0 Å². The van der Waals surface area contributed by atoms with E-state index in [1.807, 2.05) is 10.6 Å². The van der Waals surface area contributed by atoms with Gasteiger partial charge in [0.15, 0.2) is 5.65 Å². The Morgan fingerprint density at radius 1 is 1.14 bits per heavy atom. The number of alkyl halides is 3. The summed E-state index contributed by atoms with van der Waals surface area (Å²) in [5.41, 5.74) is -0.432. The van der Waals surface area contributed by atoms with Gasteiger partial charge in [-0.2, -0.15) is 13.2 Å². The largest absolute Gasteiger partial charge is 0.444 e. The standard InChI is InChI=1S/C26H30F3N5O3/c1-25(2,3)37-24(36)33-20(13-17-7-4-5-8-18(17)26(27,28)29)23(35)31-14-21-32-19-9-6-12-30-22(19)34(21)15-16-10-11-16/h4-9,12,16,20H,10-11,13-15H2,1-3H3,(H,31,35)(H,33,36)/t20-/m1/s1. The minimum atomic E-state index is -4.61. The van der Waals surface area contributed by atoms with Crippen molar-refractivity contribution in [1.82, 2.24) is 25.2 Å². The van der Waals surface area contributed by atoms with E-state index in [0.717, 1.165) is 25.5 Å². The number of rotatable bonds is 8. The van der Waals surface area contributed by atoms with Gasteiger partial charge in [-0.1, -0.05) is 18.2 Å². The number of amides is 2. The van der Waals surface area contributed by atoms with E-state index in [9.17, 15) is 22.8 Å². The Bertz CT molecular complexity index is 1280. The predicted molar refractivity (Wildman–Crippen MR) is 130 cm³/mol. The van der Waals surface area contributed by atoms with Crippen LogP contribution in [0.1, 0.15) is 50.6 Å². The topological polar surface area (TPSA) is 98.1 Å². The number of pyridine rings is 1. The van der Waals surface area contributed by atoms with E-state index >= 15 is 0 Å². The molecule has 4 rings (SSSR count). The highest BCUT2D eigenvalue weighted by atomic mass is 19.4. The van der Waals surface area contributed by atoms with Gasteiger partial charge in [0.1, 0.15) is 23.0 Å². The first-order chi connectivity index (χ1) is 17.4. The number of carbonyl (C=O) groups is 2. The summed E-state index contributed by atoms with van der Waals surface area (Å²) in [4.78, 5) is 34.7. The predicted octanol–water partition coefficient (Wildman–Crippen LogP) is 4.61. The number of carbonyl (C=O) groups excluding carboxylic acids is 2. The summed E-state index contributed by atoms with van der Waals surface area (Å²) in [5, 5.41) is 5.18. The zero-order valence-corrected chi connectivity index (χ0v) is 20.9. The fourth-order valence-corrected chi connectivity index (χ4v) is 4.03. The summed E-state index contributed by atoms with van der Waals surface area (Å²) >= 11 is 0. The maximum atomic E-state index is 13.6. The van der Waals surface area contributed by atoms with Crippen LogP contribution in [-0.2, 0) is 35.2 Å². The smallest absolute Gasteiger partial charge is 0.416 e. The van der Waals surface area contributed by atoms with E-state index in [0.29, 0.717) is 22.9 Å². The molecule has 8 nitrogen and oxygen atoms in total. The minimum absolute atomic E-state index is 0.0231. The van der Waals surface area contributed by atoms with Gasteiger partial charge in [0.25, 0.3) is 0 Å². The number of ether oxygens (including phenoxy) is 1. The number of nitrogens with one attached hydrogen (secondary N) is 2. The molecule has 0 unspecified atom stereocenters. The highest BCUT2D eigenvalue weighted by molar-refractivity contribution is 5.86. The summed E-state index contributed by atoms with van der Waals surface area (Å²) in [6.07, 6.45) is -1.99. The molecule has 1 aromatic carbocycles. The molecule has 198 valence electrons. The minimum Gasteiger partial charge on any atom is -0.444 e. The molecule has 2 amide bonds. The first-order valence-corrected chi connectivity index (χ1v) is 12.1. The number of imidazole rings is 1. The van der Waals surface area contributed by atoms with Gasteiger partial charge in [0.2, 0.25) is 5.91 Å². The van der Waals surface area contributed by atoms with Crippen molar-refractivity contribution in [3.8, 4) is 0 Å². The highest BCUT2D eigenvalue weighted by Crippen LogP contribution is 2.33. The van der Waals surface area contributed by atoms with Gasteiger partial charge in [-0.05, 0) is 63.3 Å². The molecule has 0 aliphatic heterocycles. The Morgan fingerprint density at radius 2 is 1.86 bits per heavy atom. The van der Waals surface area contributed by atoms with Gasteiger partial charge in [-0.25, -0.2) is 14.8 Å². The third-order valence-electron chi connectivity index (χ3n) is 5.90. The van der Waals surface area contributed by atoms with Crippen molar-refractivity contribution < 1.29 is 27.5 Å². The molecule has 0 spiro atoms. The van der Waals surface area contributed by atoms with E-state index < -0.39 is 35.4 Å². The van der Waals surface area contributed by atoms with Crippen LogP contribution in [0.4, 0.5) is 18.0 Å². The maximum absolute atomic E-state index is 13.6. The van der Waals surface area contributed by atoms with Crippen LogP contribution in [0.15, 0.2) is 42.6 Å². The van der Waals surface area contributed by atoms with Gasteiger partial charge in [0.05, 0.1) is 12.1 Å². The van der Waals surface area contributed by atoms with Crippen molar-refractivity contribution in [2.24, 2.45) is 5.92 Å². The van der Waals surface area contributed by atoms with Gasteiger partial charge in [0, 0.05) is 19.2 Å². The number of fused-ring (bicyclic) bond motifs is 1. The van der Waals surface area contributed by atoms with Gasteiger partial charge >= 0.3 is 12.3 Å². The van der Waals surface area contributed by atoms with Crippen LogP contribution in [-0.4, -0.2) is 38.2 Å². The Hall–Kier alpha value is -3.63. The molecule has 2 N–H and O–H groups in total. The lowest BCUT2D eigenvalue weighted by molar-refractivity contribution is -0.138. The third kappa shape index (κ3) is 6.99. The van der Waals surface area contributed by atoms with Crippen molar-refractivity contribution in [2.75, 3.05) is 0 Å². The Balaban J connectivity index is 1.55. The summed E-state index contributed by atoms with van der Waals surface area (Å²) in [6, 6.07) is 7.28. The molecule has 1 aliphatic rings. The first-order valence-electron chi connectivity index (χ1n) is 12.1. The number of hydrogen-bond acceptors (Lipinski definition) is 5. The van der Waals surface area contributed by atoms with Crippen LogP contribution in [0, 0.1) is 5.92 Å².